The highest BCUT2D eigenvalue weighted by molar-refractivity contribution is 5.89. The van der Waals surface area contributed by atoms with Crippen LogP contribution in [0.2, 0.25) is 0 Å². The molecule has 0 atom stereocenters. The van der Waals surface area contributed by atoms with Crippen molar-refractivity contribution in [1.29, 1.82) is 0 Å². The van der Waals surface area contributed by atoms with E-state index in [4.69, 9.17) is 4.74 Å². The number of fused-ring (bicyclic) bond motifs is 5. The zero-order valence-electron chi connectivity index (χ0n) is 16.8. The van der Waals surface area contributed by atoms with Gasteiger partial charge in [0.15, 0.2) is 5.69 Å². The smallest absolute Gasteiger partial charge is 0.358 e. The molecule has 0 saturated carbocycles. The van der Waals surface area contributed by atoms with Gasteiger partial charge in [0.05, 0.1) is 29.4 Å². The van der Waals surface area contributed by atoms with Crippen molar-refractivity contribution in [2.24, 2.45) is 0 Å². The monoisotopic (exact) mass is 392 g/mol. The van der Waals surface area contributed by atoms with E-state index >= 15 is 0 Å². The van der Waals surface area contributed by atoms with E-state index in [1.807, 2.05) is 15.3 Å². The number of imidazole rings is 1. The van der Waals surface area contributed by atoms with Crippen LogP contribution in [0.25, 0.3) is 11.4 Å². The fraction of sp³-hybridized carbons (Fsp3) is 0.429. The number of carbonyl (C=O) groups is 1. The molecule has 0 N–H and O–H groups in total. The van der Waals surface area contributed by atoms with Gasteiger partial charge < -0.3 is 4.74 Å². The number of hydrogen-bond acceptors (Lipinski definition) is 6. The molecule has 0 aliphatic carbocycles. The zero-order valence-corrected chi connectivity index (χ0v) is 16.8. The van der Waals surface area contributed by atoms with E-state index in [1.165, 1.54) is 12.8 Å². The fourth-order valence-electron chi connectivity index (χ4n) is 4.26. The van der Waals surface area contributed by atoms with Crippen molar-refractivity contribution in [2.75, 3.05) is 19.7 Å². The van der Waals surface area contributed by atoms with E-state index in [-0.39, 0.29) is 0 Å². The summed E-state index contributed by atoms with van der Waals surface area (Å²) < 4.78 is 9.15. The molecule has 1 aromatic carbocycles. The minimum atomic E-state index is -0.392. The van der Waals surface area contributed by atoms with Crippen LogP contribution in [0.1, 0.15) is 52.9 Å². The third kappa shape index (κ3) is 3.04. The van der Waals surface area contributed by atoms with Crippen LogP contribution in [-0.4, -0.2) is 55.1 Å². The standard InChI is InChI=1S/C21H24N6O2/c1-3-29-21(28)20-19-11-17-15(12-25-8-4-5-9-25)23-24-27(17)18-10-14(2)6-7-16(18)26(19)13-22-20/h6-7,10,13H,3-5,8-9,11-12H2,1-2H3. The molecular formula is C21H24N6O2. The van der Waals surface area contributed by atoms with Gasteiger partial charge in [-0.05, 0) is 57.5 Å². The Morgan fingerprint density at radius 2 is 2.00 bits per heavy atom. The van der Waals surface area contributed by atoms with Crippen molar-refractivity contribution in [2.45, 2.75) is 39.7 Å². The first-order valence-electron chi connectivity index (χ1n) is 10.2. The summed E-state index contributed by atoms with van der Waals surface area (Å²) in [5, 5.41) is 9.03. The Labute approximate surface area is 169 Å². The van der Waals surface area contributed by atoms with E-state index in [2.05, 4.69) is 39.3 Å². The highest BCUT2D eigenvalue weighted by atomic mass is 16.5. The van der Waals surface area contributed by atoms with Crippen molar-refractivity contribution in [3.8, 4) is 11.4 Å². The number of aryl methyl sites for hydroxylation is 1. The Hall–Kier alpha value is -3.00. The Balaban J connectivity index is 1.67. The van der Waals surface area contributed by atoms with E-state index in [0.717, 1.165) is 53.7 Å². The molecule has 0 unspecified atom stereocenters. The second kappa shape index (κ2) is 7.11. The molecule has 150 valence electrons. The van der Waals surface area contributed by atoms with Gasteiger partial charge in [0.1, 0.15) is 12.0 Å². The average molecular weight is 392 g/mol. The quantitative estimate of drug-likeness (QED) is 0.497. The average Bonchev–Trinajstić information content (AvgIpc) is 3.43. The van der Waals surface area contributed by atoms with Crippen LogP contribution in [0.3, 0.4) is 0 Å². The summed E-state index contributed by atoms with van der Waals surface area (Å²) in [6.45, 7) is 7.14. The molecule has 0 bridgehead atoms. The molecule has 4 heterocycles. The number of ether oxygens (including phenoxy) is 1. The van der Waals surface area contributed by atoms with Crippen LogP contribution in [0.4, 0.5) is 0 Å². The summed E-state index contributed by atoms with van der Waals surface area (Å²) in [5.74, 6) is -0.392. The summed E-state index contributed by atoms with van der Waals surface area (Å²) >= 11 is 0. The van der Waals surface area contributed by atoms with Gasteiger partial charge in [-0.2, -0.15) is 0 Å². The van der Waals surface area contributed by atoms with Crippen LogP contribution < -0.4 is 0 Å². The molecule has 2 aliphatic heterocycles. The van der Waals surface area contributed by atoms with E-state index in [0.29, 0.717) is 18.7 Å². The van der Waals surface area contributed by atoms with Crippen molar-refractivity contribution in [1.82, 2.24) is 29.4 Å². The van der Waals surface area contributed by atoms with Gasteiger partial charge in [0.25, 0.3) is 0 Å². The predicted octanol–water partition coefficient (Wildman–Crippen LogP) is 2.44. The minimum absolute atomic E-state index is 0.320. The van der Waals surface area contributed by atoms with Gasteiger partial charge in [-0.1, -0.05) is 11.3 Å². The van der Waals surface area contributed by atoms with Gasteiger partial charge in [0.2, 0.25) is 0 Å². The minimum Gasteiger partial charge on any atom is -0.461 e. The second-order valence-corrected chi connectivity index (χ2v) is 7.68. The molecule has 1 fully saturated rings. The van der Waals surface area contributed by atoms with E-state index in [9.17, 15) is 4.79 Å². The number of likely N-dealkylation sites (tertiary alicyclic amines) is 1. The van der Waals surface area contributed by atoms with Gasteiger partial charge in [-0.15, -0.1) is 5.10 Å². The first kappa shape index (κ1) is 18.1. The molecule has 3 aromatic rings. The van der Waals surface area contributed by atoms with Crippen molar-refractivity contribution < 1.29 is 9.53 Å². The number of nitrogens with zero attached hydrogens (tertiary/aromatic N) is 6. The largest absolute Gasteiger partial charge is 0.461 e. The van der Waals surface area contributed by atoms with Crippen LogP contribution in [0, 0.1) is 6.92 Å². The lowest BCUT2D eigenvalue weighted by atomic mass is 10.1. The number of hydrogen-bond donors (Lipinski definition) is 0. The Bertz CT molecular complexity index is 1080. The van der Waals surface area contributed by atoms with Gasteiger partial charge in [0, 0.05) is 13.0 Å². The number of esters is 1. The molecule has 5 rings (SSSR count). The molecule has 0 amide bonds. The van der Waals surface area contributed by atoms with Gasteiger partial charge in [-0.25, -0.2) is 14.5 Å². The summed E-state index contributed by atoms with van der Waals surface area (Å²) in [5.41, 5.74) is 6.17. The van der Waals surface area contributed by atoms with E-state index < -0.39 is 5.97 Å². The van der Waals surface area contributed by atoms with Crippen LogP contribution >= 0.6 is 0 Å². The molecule has 2 aromatic heterocycles. The molecule has 8 heteroatoms. The molecule has 0 spiro atoms. The highest BCUT2D eigenvalue weighted by Gasteiger charge is 2.29. The molecule has 0 radical (unpaired) electrons. The van der Waals surface area contributed by atoms with Crippen molar-refractivity contribution in [3.63, 3.8) is 0 Å². The Morgan fingerprint density at radius 1 is 1.17 bits per heavy atom. The number of aromatic nitrogens is 5. The summed E-state index contributed by atoms with van der Waals surface area (Å²) in [6, 6.07) is 6.20. The first-order valence-corrected chi connectivity index (χ1v) is 10.2. The van der Waals surface area contributed by atoms with E-state index in [1.54, 1.807) is 13.3 Å². The number of rotatable bonds is 4. The molecule has 1 saturated heterocycles. The second-order valence-electron chi connectivity index (χ2n) is 7.68. The van der Waals surface area contributed by atoms with Gasteiger partial charge >= 0.3 is 5.97 Å². The number of benzene rings is 1. The van der Waals surface area contributed by atoms with Crippen LogP contribution in [0.5, 0.6) is 0 Å². The lowest BCUT2D eigenvalue weighted by Crippen LogP contribution is -2.20. The maximum absolute atomic E-state index is 12.5. The lowest BCUT2D eigenvalue weighted by Gasteiger charge is -2.13. The highest BCUT2D eigenvalue weighted by Crippen LogP contribution is 2.31. The third-order valence-corrected chi connectivity index (χ3v) is 5.70. The fourth-order valence-corrected chi connectivity index (χ4v) is 4.26. The lowest BCUT2D eigenvalue weighted by molar-refractivity contribution is 0.0519. The summed E-state index contributed by atoms with van der Waals surface area (Å²) in [6.07, 6.45) is 4.68. The third-order valence-electron chi connectivity index (χ3n) is 5.70. The molecule has 8 nitrogen and oxygen atoms in total. The maximum Gasteiger partial charge on any atom is 0.358 e. The summed E-state index contributed by atoms with van der Waals surface area (Å²) in [4.78, 5) is 19.3. The molecule has 2 aliphatic rings. The van der Waals surface area contributed by atoms with Crippen LogP contribution in [0.15, 0.2) is 24.5 Å². The molecular weight excluding hydrogens is 368 g/mol. The SMILES string of the molecule is CCOC(=O)c1ncn2c1Cc1c(CN3CCCC3)nnn1-c1cc(C)ccc1-2. The Morgan fingerprint density at radius 3 is 2.79 bits per heavy atom. The normalized spacial score (nSPS) is 15.5. The number of carbonyl (C=O) groups excluding carboxylic acids is 1. The maximum atomic E-state index is 12.5. The van der Waals surface area contributed by atoms with Crippen molar-refractivity contribution in [3.05, 3.63) is 52.9 Å². The summed E-state index contributed by atoms with van der Waals surface area (Å²) in [7, 11) is 0. The predicted molar refractivity (Wildman–Crippen MR) is 106 cm³/mol. The van der Waals surface area contributed by atoms with Crippen molar-refractivity contribution >= 4 is 5.97 Å². The zero-order chi connectivity index (χ0) is 20.0. The topological polar surface area (TPSA) is 78.1 Å². The Kier molecular flexibility index (Phi) is 4.43. The first-order chi connectivity index (χ1) is 14.2. The van der Waals surface area contributed by atoms with Crippen LogP contribution in [-0.2, 0) is 17.7 Å². The van der Waals surface area contributed by atoms with Gasteiger partial charge in [-0.3, -0.25) is 9.47 Å². The molecule has 29 heavy (non-hydrogen) atoms.